The molecule has 0 aliphatic heterocycles. The van der Waals surface area contributed by atoms with Crippen LogP contribution in [0.15, 0.2) is 29.4 Å². The van der Waals surface area contributed by atoms with Crippen LogP contribution in [-0.4, -0.2) is 32.6 Å². The molecule has 0 amide bonds. The molecule has 0 fully saturated rings. The first-order valence-electron chi connectivity index (χ1n) is 5.46. The molecule has 0 saturated carbocycles. The Labute approximate surface area is 104 Å². The van der Waals surface area contributed by atoms with Crippen LogP contribution in [0.5, 0.6) is 0 Å². The lowest BCUT2D eigenvalue weighted by atomic mass is 10.3. The standard InChI is InChI=1S/C12H14N2O2S/c1-9(5-7-15)17-12-10(8-16)14-6-3-2-4-11(14)13-12/h2-4,6,8-9,15H,5,7H2,1H3. The molecule has 0 spiro atoms. The van der Waals surface area contributed by atoms with Crippen molar-refractivity contribution in [2.75, 3.05) is 6.61 Å². The maximum absolute atomic E-state index is 11.1. The van der Waals surface area contributed by atoms with E-state index in [1.807, 2.05) is 31.3 Å². The van der Waals surface area contributed by atoms with Crippen LogP contribution in [0.4, 0.5) is 0 Å². The van der Waals surface area contributed by atoms with Gasteiger partial charge in [-0.05, 0) is 18.6 Å². The Morgan fingerprint density at radius 1 is 1.59 bits per heavy atom. The van der Waals surface area contributed by atoms with Crippen molar-refractivity contribution in [2.45, 2.75) is 23.6 Å². The second-order valence-electron chi connectivity index (χ2n) is 3.79. The van der Waals surface area contributed by atoms with Gasteiger partial charge in [-0.25, -0.2) is 4.98 Å². The molecule has 2 rings (SSSR count). The Morgan fingerprint density at radius 2 is 2.41 bits per heavy atom. The average molecular weight is 250 g/mol. The van der Waals surface area contributed by atoms with Crippen molar-refractivity contribution < 1.29 is 9.90 Å². The van der Waals surface area contributed by atoms with Crippen LogP contribution in [0, 0.1) is 0 Å². The number of aliphatic hydroxyl groups is 1. The molecule has 0 saturated heterocycles. The highest BCUT2D eigenvalue weighted by molar-refractivity contribution is 7.99. The van der Waals surface area contributed by atoms with Gasteiger partial charge < -0.3 is 5.11 Å². The average Bonchev–Trinajstić information content (AvgIpc) is 2.66. The second-order valence-corrected chi connectivity index (χ2v) is 5.22. The van der Waals surface area contributed by atoms with Crippen LogP contribution in [0.3, 0.4) is 0 Å². The number of hydrogen-bond donors (Lipinski definition) is 1. The van der Waals surface area contributed by atoms with Crippen LogP contribution in [0.1, 0.15) is 23.8 Å². The van der Waals surface area contributed by atoms with Gasteiger partial charge in [-0.3, -0.25) is 9.20 Å². The number of fused-ring (bicyclic) bond motifs is 1. The Bertz CT molecular complexity index is 524. The first kappa shape index (κ1) is 12.1. The summed E-state index contributed by atoms with van der Waals surface area (Å²) in [5, 5.41) is 9.84. The number of aromatic nitrogens is 2. The van der Waals surface area contributed by atoms with E-state index in [9.17, 15) is 4.79 Å². The zero-order valence-corrected chi connectivity index (χ0v) is 10.4. The minimum absolute atomic E-state index is 0.151. The molecule has 2 aromatic rings. The van der Waals surface area contributed by atoms with Gasteiger partial charge in [0.05, 0.1) is 0 Å². The van der Waals surface area contributed by atoms with Crippen LogP contribution in [0.2, 0.25) is 0 Å². The van der Waals surface area contributed by atoms with Crippen molar-refractivity contribution in [1.29, 1.82) is 0 Å². The van der Waals surface area contributed by atoms with Gasteiger partial charge in [0, 0.05) is 18.1 Å². The Balaban J connectivity index is 2.36. The number of carbonyl (C=O) groups is 1. The fourth-order valence-corrected chi connectivity index (χ4v) is 2.64. The van der Waals surface area contributed by atoms with Crippen molar-refractivity contribution in [3.8, 4) is 0 Å². The minimum atomic E-state index is 0.151. The molecule has 2 aromatic heterocycles. The molecular formula is C12H14N2O2S. The molecule has 1 atom stereocenters. The zero-order valence-electron chi connectivity index (χ0n) is 9.54. The van der Waals surface area contributed by atoms with Crippen molar-refractivity contribution in [3.05, 3.63) is 30.1 Å². The van der Waals surface area contributed by atoms with E-state index >= 15 is 0 Å². The third-order valence-electron chi connectivity index (χ3n) is 2.49. The van der Waals surface area contributed by atoms with E-state index in [-0.39, 0.29) is 11.9 Å². The molecule has 5 heteroatoms. The van der Waals surface area contributed by atoms with E-state index < -0.39 is 0 Å². The first-order valence-corrected chi connectivity index (χ1v) is 6.34. The maximum Gasteiger partial charge on any atom is 0.169 e. The number of thioether (sulfide) groups is 1. The third kappa shape index (κ3) is 2.50. The van der Waals surface area contributed by atoms with E-state index in [4.69, 9.17) is 5.11 Å². The van der Waals surface area contributed by atoms with Crippen LogP contribution in [-0.2, 0) is 0 Å². The summed E-state index contributed by atoms with van der Waals surface area (Å²) < 4.78 is 1.78. The highest BCUT2D eigenvalue weighted by Crippen LogP contribution is 2.27. The van der Waals surface area contributed by atoms with E-state index in [1.54, 1.807) is 4.40 Å². The van der Waals surface area contributed by atoms with Crippen LogP contribution < -0.4 is 0 Å². The number of aldehydes is 1. The minimum Gasteiger partial charge on any atom is -0.396 e. The lowest BCUT2D eigenvalue weighted by molar-refractivity contribution is 0.111. The Morgan fingerprint density at radius 3 is 3.12 bits per heavy atom. The predicted octanol–water partition coefficient (Wildman–Crippen LogP) is 2.01. The fraction of sp³-hybridized carbons (Fsp3) is 0.333. The predicted molar refractivity (Wildman–Crippen MR) is 67.6 cm³/mol. The molecule has 2 heterocycles. The Kier molecular flexibility index (Phi) is 3.81. The molecule has 4 nitrogen and oxygen atoms in total. The van der Waals surface area contributed by atoms with Crippen molar-refractivity contribution in [2.24, 2.45) is 0 Å². The SMILES string of the molecule is CC(CCO)Sc1nc2ccccn2c1C=O. The zero-order chi connectivity index (χ0) is 12.3. The largest absolute Gasteiger partial charge is 0.396 e. The summed E-state index contributed by atoms with van der Waals surface area (Å²) in [6, 6.07) is 5.63. The van der Waals surface area contributed by atoms with Crippen LogP contribution in [0.25, 0.3) is 5.65 Å². The highest BCUT2D eigenvalue weighted by atomic mass is 32.2. The smallest absolute Gasteiger partial charge is 0.169 e. The topological polar surface area (TPSA) is 54.6 Å². The number of pyridine rings is 1. The summed E-state index contributed by atoms with van der Waals surface area (Å²) in [6.45, 7) is 2.16. The van der Waals surface area contributed by atoms with Gasteiger partial charge in [0.15, 0.2) is 6.29 Å². The summed E-state index contributed by atoms with van der Waals surface area (Å²) in [6.07, 6.45) is 3.34. The van der Waals surface area contributed by atoms with Gasteiger partial charge in [0.1, 0.15) is 16.4 Å². The summed E-state index contributed by atoms with van der Waals surface area (Å²) >= 11 is 1.52. The number of aliphatic hydroxyl groups excluding tert-OH is 1. The van der Waals surface area contributed by atoms with Gasteiger partial charge in [0.25, 0.3) is 0 Å². The monoisotopic (exact) mass is 250 g/mol. The van der Waals surface area contributed by atoms with Crippen molar-refractivity contribution in [3.63, 3.8) is 0 Å². The molecule has 0 radical (unpaired) electrons. The van der Waals surface area contributed by atoms with Gasteiger partial charge in [-0.1, -0.05) is 13.0 Å². The molecule has 17 heavy (non-hydrogen) atoms. The van der Waals surface area contributed by atoms with Gasteiger partial charge >= 0.3 is 0 Å². The van der Waals surface area contributed by atoms with Crippen molar-refractivity contribution >= 4 is 23.7 Å². The molecule has 0 aromatic carbocycles. The fourth-order valence-electron chi connectivity index (χ4n) is 1.62. The number of carbonyl (C=O) groups excluding carboxylic acids is 1. The number of imidazole rings is 1. The van der Waals surface area contributed by atoms with Gasteiger partial charge in [0.2, 0.25) is 0 Å². The summed E-state index contributed by atoms with van der Waals surface area (Å²) in [4.78, 5) is 15.5. The second kappa shape index (κ2) is 5.33. The number of hydrogen-bond acceptors (Lipinski definition) is 4. The van der Waals surface area contributed by atoms with Gasteiger partial charge in [-0.2, -0.15) is 0 Å². The molecule has 90 valence electrons. The lowest BCUT2D eigenvalue weighted by Crippen LogP contribution is -2.00. The molecule has 1 N–H and O–H groups in total. The molecular weight excluding hydrogens is 236 g/mol. The first-order chi connectivity index (χ1) is 8.26. The quantitative estimate of drug-likeness (QED) is 0.651. The summed E-state index contributed by atoms with van der Waals surface area (Å²) in [5.41, 5.74) is 1.35. The normalized spacial score (nSPS) is 12.8. The third-order valence-corrected chi connectivity index (χ3v) is 3.65. The van der Waals surface area contributed by atoms with Crippen molar-refractivity contribution in [1.82, 2.24) is 9.38 Å². The molecule has 1 unspecified atom stereocenters. The number of nitrogens with zero attached hydrogens (tertiary/aromatic N) is 2. The highest BCUT2D eigenvalue weighted by Gasteiger charge is 2.14. The molecule has 0 aliphatic carbocycles. The van der Waals surface area contributed by atoms with E-state index in [0.717, 1.165) is 17.0 Å². The molecule has 0 bridgehead atoms. The lowest BCUT2D eigenvalue weighted by Gasteiger charge is -2.06. The summed E-state index contributed by atoms with van der Waals surface area (Å²) in [5.74, 6) is 0. The van der Waals surface area contributed by atoms with E-state index in [0.29, 0.717) is 12.1 Å². The van der Waals surface area contributed by atoms with Crippen LogP contribution >= 0.6 is 11.8 Å². The number of rotatable bonds is 5. The van der Waals surface area contributed by atoms with E-state index in [2.05, 4.69) is 4.98 Å². The maximum atomic E-state index is 11.1. The molecule has 0 aliphatic rings. The summed E-state index contributed by atoms with van der Waals surface area (Å²) in [7, 11) is 0. The van der Waals surface area contributed by atoms with Gasteiger partial charge in [-0.15, -0.1) is 11.8 Å². The van der Waals surface area contributed by atoms with E-state index in [1.165, 1.54) is 11.8 Å². The Hall–Kier alpha value is -1.33.